The highest BCUT2D eigenvalue weighted by Gasteiger charge is 2.36. The van der Waals surface area contributed by atoms with Gasteiger partial charge in [-0.3, -0.25) is 9.59 Å². The molecule has 1 aliphatic heterocycles. The van der Waals surface area contributed by atoms with Crippen LogP contribution >= 0.6 is 0 Å². The highest BCUT2D eigenvalue weighted by molar-refractivity contribution is 6.41. The summed E-state index contributed by atoms with van der Waals surface area (Å²) in [5, 5.41) is 0. The van der Waals surface area contributed by atoms with Crippen LogP contribution < -0.4 is 4.90 Å². The SMILES string of the molecule is CCN1c2ccccc2C(C)(C)c2cc(/C=C3/C(=O)c4ccc(C)cc4C3=O)ccc21. The van der Waals surface area contributed by atoms with Gasteiger partial charge in [0.05, 0.1) is 5.57 Å². The lowest BCUT2D eigenvalue weighted by molar-refractivity contribution is 0.0990. The van der Waals surface area contributed by atoms with Crippen molar-refractivity contribution in [2.75, 3.05) is 11.4 Å². The first-order chi connectivity index (χ1) is 14.8. The molecule has 0 aromatic heterocycles. The molecule has 0 bridgehead atoms. The highest BCUT2D eigenvalue weighted by atomic mass is 16.2. The Morgan fingerprint density at radius 2 is 1.55 bits per heavy atom. The first kappa shape index (κ1) is 19.5. The maximum atomic E-state index is 12.9. The molecular formula is C28H25NO2. The summed E-state index contributed by atoms with van der Waals surface area (Å²) < 4.78 is 0. The molecule has 1 aliphatic carbocycles. The van der Waals surface area contributed by atoms with Crippen molar-refractivity contribution < 1.29 is 9.59 Å². The van der Waals surface area contributed by atoms with E-state index in [1.807, 2.05) is 25.1 Å². The normalized spacial score (nSPS) is 17.5. The molecule has 3 heteroatoms. The van der Waals surface area contributed by atoms with Crippen LogP contribution in [0.1, 0.15) is 63.7 Å². The number of hydrogen-bond donors (Lipinski definition) is 0. The standard InChI is InChI=1S/C28H25NO2/c1-5-29-24-9-7-6-8-22(24)28(3,4)23-16-18(11-13-25(23)29)15-21-26(30)19-12-10-17(2)14-20(19)27(21)31/h6-16H,5H2,1-4H3/b21-15-. The van der Waals surface area contributed by atoms with Crippen LogP contribution in [0.25, 0.3) is 6.08 Å². The van der Waals surface area contributed by atoms with Crippen LogP contribution in [0.2, 0.25) is 0 Å². The number of anilines is 2. The lowest BCUT2D eigenvalue weighted by atomic mass is 9.73. The number of benzene rings is 3. The molecule has 3 aromatic rings. The van der Waals surface area contributed by atoms with Crippen molar-refractivity contribution in [3.63, 3.8) is 0 Å². The molecule has 0 saturated heterocycles. The molecule has 0 saturated carbocycles. The molecule has 5 rings (SSSR count). The second-order valence-electron chi connectivity index (χ2n) is 8.93. The number of fused-ring (bicyclic) bond motifs is 3. The fourth-order valence-corrected chi connectivity index (χ4v) is 4.97. The molecule has 31 heavy (non-hydrogen) atoms. The fourth-order valence-electron chi connectivity index (χ4n) is 4.97. The molecule has 0 fully saturated rings. The van der Waals surface area contributed by atoms with Gasteiger partial charge in [0.15, 0.2) is 11.6 Å². The van der Waals surface area contributed by atoms with Crippen LogP contribution in [-0.2, 0) is 5.41 Å². The Labute approximate surface area is 183 Å². The summed E-state index contributed by atoms with van der Waals surface area (Å²) in [6, 6.07) is 20.2. The van der Waals surface area contributed by atoms with Gasteiger partial charge in [0, 0.05) is 34.5 Å². The smallest absolute Gasteiger partial charge is 0.197 e. The van der Waals surface area contributed by atoms with Crippen molar-refractivity contribution in [3.05, 3.63) is 99.6 Å². The van der Waals surface area contributed by atoms with Gasteiger partial charge in [0.1, 0.15) is 0 Å². The Bertz CT molecular complexity index is 1300. The number of hydrogen-bond acceptors (Lipinski definition) is 3. The average Bonchev–Trinajstić information content (AvgIpc) is 2.99. The summed E-state index contributed by atoms with van der Waals surface area (Å²) in [5.74, 6) is -0.362. The third-order valence-electron chi connectivity index (χ3n) is 6.63. The highest BCUT2D eigenvalue weighted by Crippen LogP contribution is 2.49. The van der Waals surface area contributed by atoms with Crippen molar-refractivity contribution in [2.24, 2.45) is 0 Å². The van der Waals surface area contributed by atoms with E-state index in [1.165, 1.54) is 22.5 Å². The van der Waals surface area contributed by atoms with Gasteiger partial charge in [-0.2, -0.15) is 0 Å². The number of carbonyl (C=O) groups excluding carboxylic acids is 2. The average molecular weight is 408 g/mol. The Balaban J connectivity index is 1.63. The lowest BCUT2D eigenvalue weighted by Crippen LogP contribution is -2.32. The van der Waals surface area contributed by atoms with Crippen molar-refractivity contribution >= 4 is 29.0 Å². The second kappa shape index (κ2) is 6.78. The van der Waals surface area contributed by atoms with Crippen LogP contribution in [0.3, 0.4) is 0 Å². The first-order valence-electron chi connectivity index (χ1n) is 10.8. The minimum Gasteiger partial charge on any atom is -0.341 e. The molecule has 0 atom stereocenters. The lowest BCUT2D eigenvalue weighted by Gasteiger charge is -2.41. The number of carbonyl (C=O) groups is 2. The van der Waals surface area contributed by atoms with E-state index in [2.05, 4.69) is 62.1 Å². The van der Waals surface area contributed by atoms with E-state index in [9.17, 15) is 9.59 Å². The predicted octanol–water partition coefficient (Wildman–Crippen LogP) is 6.25. The second-order valence-corrected chi connectivity index (χ2v) is 8.93. The van der Waals surface area contributed by atoms with Crippen LogP contribution in [0.5, 0.6) is 0 Å². The number of ketones is 2. The number of aryl methyl sites for hydroxylation is 1. The molecular weight excluding hydrogens is 382 g/mol. The third-order valence-corrected chi connectivity index (χ3v) is 6.63. The molecule has 0 amide bonds. The summed E-state index contributed by atoms with van der Waals surface area (Å²) in [5.41, 5.74) is 7.85. The summed E-state index contributed by atoms with van der Waals surface area (Å²) >= 11 is 0. The van der Waals surface area contributed by atoms with Crippen LogP contribution in [0.15, 0.2) is 66.2 Å². The van der Waals surface area contributed by atoms with Gasteiger partial charge >= 0.3 is 0 Å². The van der Waals surface area contributed by atoms with E-state index in [1.54, 1.807) is 12.1 Å². The fraction of sp³-hybridized carbons (Fsp3) is 0.214. The Morgan fingerprint density at radius 1 is 0.839 bits per heavy atom. The number of para-hydroxylation sites is 1. The summed E-state index contributed by atoms with van der Waals surface area (Å²) in [4.78, 5) is 28.2. The van der Waals surface area contributed by atoms with Crippen LogP contribution in [-0.4, -0.2) is 18.1 Å². The summed E-state index contributed by atoms with van der Waals surface area (Å²) in [6.07, 6.45) is 1.76. The van der Waals surface area contributed by atoms with Gasteiger partial charge in [0.2, 0.25) is 0 Å². The van der Waals surface area contributed by atoms with Crippen molar-refractivity contribution in [3.8, 4) is 0 Å². The third kappa shape index (κ3) is 2.80. The number of nitrogens with zero attached hydrogens (tertiary/aromatic N) is 1. The molecule has 0 unspecified atom stereocenters. The Kier molecular flexibility index (Phi) is 4.26. The first-order valence-corrected chi connectivity index (χ1v) is 10.8. The maximum Gasteiger partial charge on any atom is 0.197 e. The topological polar surface area (TPSA) is 37.4 Å². The van der Waals surface area contributed by atoms with Gasteiger partial charge in [-0.15, -0.1) is 0 Å². The van der Waals surface area contributed by atoms with Crippen molar-refractivity contribution in [2.45, 2.75) is 33.1 Å². The monoisotopic (exact) mass is 407 g/mol. The predicted molar refractivity (Wildman–Crippen MR) is 126 cm³/mol. The quantitative estimate of drug-likeness (QED) is 0.372. The molecule has 3 nitrogen and oxygen atoms in total. The summed E-state index contributed by atoms with van der Waals surface area (Å²) in [7, 11) is 0. The maximum absolute atomic E-state index is 12.9. The minimum atomic E-state index is -0.185. The number of allylic oxidation sites excluding steroid dienone is 1. The van der Waals surface area contributed by atoms with Crippen molar-refractivity contribution in [1.82, 2.24) is 0 Å². The van der Waals surface area contributed by atoms with E-state index in [-0.39, 0.29) is 22.6 Å². The van der Waals surface area contributed by atoms with Gasteiger partial charge in [-0.05, 0) is 60.9 Å². The molecule has 3 aromatic carbocycles. The van der Waals surface area contributed by atoms with E-state index in [0.717, 1.165) is 17.7 Å². The molecule has 0 N–H and O–H groups in total. The molecule has 1 heterocycles. The molecule has 154 valence electrons. The minimum absolute atomic E-state index is 0.179. The Morgan fingerprint density at radius 3 is 2.32 bits per heavy atom. The number of Topliss-reactive ketones (excluding diaryl/α,β-unsaturated/α-hetero) is 2. The van der Waals surface area contributed by atoms with Crippen LogP contribution in [0, 0.1) is 6.92 Å². The van der Waals surface area contributed by atoms with Crippen molar-refractivity contribution in [1.29, 1.82) is 0 Å². The zero-order valence-corrected chi connectivity index (χ0v) is 18.3. The Hall–Kier alpha value is -3.46. The molecule has 0 spiro atoms. The van der Waals surface area contributed by atoms with Crippen LogP contribution in [0.4, 0.5) is 11.4 Å². The van der Waals surface area contributed by atoms with Gasteiger partial charge in [0.25, 0.3) is 0 Å². The zero-order valence-electron chi connectivity index (χ0n) is 18.3. The number of rotatable bonds is 2. The zero-order chi connectivity index (χ0) is 21.9. The van der Waals surface area contributed by atoms with E-state index in [0.29, 0.717) is 11.1 Å². The van der Waals surface area contributed by atoms with Gasteiger partial charge < -0.3 is 4.90 Å². The van der Waals surface area contributed by atoms with Gasteiger partial charge in [-0.25, -0.2) is 0 Å². The van der Waals surface area contributed by atoms with Gasteiger partial charge in [-0.1, -0.05) is 55.8 Å². The summed E-state index contributed by atoms with van der Waals surface area (Å²) in [6.45, 7) is 9.43. The van der Waals surface area contributed by atoms with E-state index < -0.39 is 0 Å². The van der Waals surface area contributed by atoms with E-state index in [4.69, 9.17) is 0 Å². The van der Waals surface area contributed by atoms with E-state index >= 15 is 0 Å². The molecule has 0 radical (unpaired) electrons. The largest absolute Gasteiger partial charge is 0.341 e. The molecule has 2 aliphatic rings.